The molecule has 1 aliphatic heterocycles. The first-order chi connectivity index (χ1) is 15.2. The lowest BCUT2D eigenvalue weighted by molar-refractivity contribution is -0.132. The summed E-state index contributed by atoms with van der Waals surface area (Å²) in [6.07, 6.45) is 2.32. The molecule has 1 saturated heterocycles. The molecule has 0 unspecified atom stereocenters. The minimum absolute atomic E-state index is 0.168. The quantitative estimate of drug-likeness (QED) is 0.503. The van der Waals surface area contributed by atoms with Crippen molar-refractivity contribution in [1.82, 2.24) is 24.6 Å². The highest BCUT2D eigenvalue weighted by atomic mass is 32.2. The van der Waals surface area contributed by atoms with Gasteiger partial charge >= 0.3 is 0 Å². The maximum Gasteiger partial charge on any atom is 0.235 e. The molecule has 3 heterocycles. The second-order valence-electron chi connectivity index (χ2n) is 8.23. The van der Waals surface area contributed by atoms with Crippen LogP contribution in [0.4, 0.5) is 0 Å². The van der Waals surface area contributed by atoms with E-state index in [1.54, 1.807) is 23.1 Å². The molecule has 0 radical (unpaired) electrons. The number of thiophene rings is 1. The van der Waals surface area contributed by atoms with Crippen LogP contribution in [0.3, 0.4) is 0 Å². The number of piperazine rings is 1. The molecule has 1 atom stereocenters. The van der Waals surface area contributed by atoms with E-state index in [0.29, 0.717) is 6.04 Å². The standard InChI is InChI=1S/C23H27N5OS2/c1-17(22(29)27-13-11-26(12-14-27)16-18-6-3-2-4-7-18)31-23-25-24-21(20-8-5-15-30-20)28(23)19-9-10-19/h2-8,15,17,19H,9-14,16H2,1H3/t17-/m1/s1. The smallest absolute Gasteiger partial charge is 0.235 e. The summed E-state index contributed by atoms with van der Waals surface area (Å²) in [5.41, 5.74) is 1.33. The average molecular weight is 454 g/mol. The summed E-state index contributed by atoms with van der Waals surface area (Å²) in [6, 6.07) is 15.1. The number of nitrogens with zero attached hydrogens (tertiary/aromatic N) is 5. The summed E-state index contributed by atoms with van der Waals surface area (Å²) in [5, 5.41) is 11.7. The van der Waals surface area contributed by atoms with E-state index in [-0.39, 0.29) is 11.2 Å². The van der Waals surface area contributed by atoms with Crippen LogP contribution in [-0.4, -0.2) is 61.9 Å². The summed E-state index contributed by atoms with van der Waals surface area (Å²) in [6.45, 7) is 6.35. The summed E-state index contributed by atoms with van der Waals surface area (Å²) < 4.78 is 2.25. The lowest BCUT2D eigenvalue weighted by atomic mass is 10.2. The van der Waals surface area contributed by atoms with Gasteiger partial charge in [-0.05, 0) is 36.8 Å². The number of hydrogen-bond acceptors (Lipinski definition) is 6. The zero-order valence-electron chi connectivity index (χ0n) is 17.7. The topological polar surface area (TPSA) is 54.3 Å². The number of aromatic nitrogens is 3. The Labute approximate surface area is 191 Å². The Morgan fingerprint density at radius 3 is 2.55 bits per heavy atom. The van der Waals surface area contributed by atoms with Crippen LogP contribution < -0.4 is 0 Å². The molecule has 31 heavy (non-hydrogen) atoms. The predicted molar refractivity (Wildman–Crippen MR) is 125 cm³/mol. The van der Waals surface area contributed by atoms with Crippen molar-refractivity contribution in [2.75, 3.05) is 26.2 Å². The van der Waals surface area contributed by atoms with Gasteiger partial charge in [0.05, 0.1) is 10.1 Å². The van der Waals surface area contributed by atoms with Gasteiger partial charge in [-0.2, -0.15) is 0 Å². The highest BCUT2D eigenvalue weighted by molar-refractivity contribution is 8.00. The number of amides is 1. The van der Waals surface area contributed by atoms with Crippen LogP contribution in [0.2, 0.25) is 0 Å². The average Bonchev–Trinajstić information content (AvgIpc) is 3.31. The zero-order chi connectivity index (χ0) is 21.2. The minimum Gasteiger partial charge on any atom is -0.339 e. The van der Waals surface area contributed by atoms with E-state index < -0.39 is 0 Å². The van der Waals surface area contributed by atoms with Gasteiger partial charge in [-0.3, -0.25) is 14.3 Å². The lowest BCUT2D eigenvalue weighted by Gasteiger charge is -2.35. The van der Waals surface area contributed by atoms with Crippen LogP contribution in [0.25, 0.3) is 10.7 Å². The van der Waals surface area contributed by atoms with E-state index in [9.17, 15) is 4.79 Å². The molecular weight excluding hydrogens is 426 g/mol. The van der Waals surface area contributed by atoms with Crippen LogP contribution in [0.1, 0.15) is 31.4 Å². The monoisotopic (exact) mass is 453 g/mol. The highest BCUT2D eigenvalue weighted by Crippen LogP contribution is 2.42. The summed E-state index contributed by atoms with van der Waals surface area (Å²) in [7, 11) is 0. The Balaban J connectivity index is 1.20. The second kappa shape index (κ2) is 9.14. The number of benzene rings is 1. The van der Waals surface area contributed by atoms with Crippen molar-refractivity contribution >= 4 is 29.0 Å². The Hall–Kier alpha value is -2.16. The number of thioether (sulfide) groups is 1. The van der Waals surface area contributed by atoms with Gasteiger partial charge in [0.25, 0.3) is 0 Å². The fraction of sp³-hybridized carbons (Fsp3) is 0.435. The van der Waals surface area contributed by atoms with E-state index in [1.807, 2.05) is 24.0 Å². The molecule has 6 nitrogen and oxygen atoms in total. The number of hydrogen-bond donors (Lipinski definition) is 0. The minimum atomic E-state index is -0.168. The van der Waals surface area contributed by atoms with Gasteiger partial charge in [-0.15, -0.1) is 21.5 Å². The van der Waals surface area contributed by atoms with Crippen LogP contribution in [0, 0.1) is 0 Å². The normalized spacial score (nSPS) is 18.3. The van der Waals surface area contributed by atoms with Gasteiger partial charge in [0.2, 0.25) is 5.91 Å². The molecule has 1 saturated carbocycles. The Kier molecular flexibility index (Phi) is 6.11. The molecule has 1 aromatic carbocycles. The van der Waals surface area contributed by atoms with Gasteiger partial charge in [0.1, 0.15) is 0 Å². The third-order valence-corrected chi connectivity index (χ3v) is 7.79. The van der Waals surface area contributed by atoms with Crippen LogP contribution in [0.15, 0.2) is 53.0 Å². The third kappa shape index (κ3) is 4.71. The summed E-state index contributed by atoms with van der Waals surface area (Å²) >= 11 is 3.24. The first-order valence-electron chi connectivity index (χ1n) is 10.9. The first kappa shape index (κ1) is 20.7. The van der Waals surface area contributed by atoms with E-state index in [0.717, 1.165) is 61.4 Å². The van der Waals surface area contributed by atoms with Gasteiger partial charge in [-0.1, -0.05) is 48.2 Å². The Morgan fingerprint density at radius 2 is 1.87 bits per heavy atom. The molecule has 1 amide bonds. The molecule has 0 bridgehead atoms. The maximum atomic E-state index is 13.1. The van der Waals surface area contributed by atoms with Gasteiger partial charge in [0, 0.05) is 38.8 Å². The predicted octanol–water partition coefficient (Wildman–Crippen LogP) is 4.17. The van der Waals surface area contributed by atoms with Crippen molar-refractivity contribution in [2.24, 2.45) is 0 Å². The van der Waals surface area contributed by atoms with Gasteiger partial charge in [-0.25, -0.2) is 0 Å². The molecule has 2 aliphatic rings. The molecule has 2 aromatic heterocycles. The lowest BCUT2D eigenvalue weighted by Crippen LogP contribution is -2.50. The van der Waals surface area contributed by atoms with Crippen molar-refractivity contribution < 1.29 is 4.79 Å². The molecule has 2 fully saturated rings. The number of carbonyl (C=O) groups is 1. The third-order valence-electron chi connectivity index (χ3n) is 5.88. The van der Waals surface area contributed by atoms with Crippen molar-refractivity contribution in [2.45, 2.75) is 42.8 Å². The fourth-order valence-electron chi connectivity index (χ4n) is 4.03. The second-order valence-corrected chi connectivity index (χ2v) is 10.5. The fourth-order valence-corrected chi connectivity index (χ4v) is 5.74. The van der Waals surface area contributed by atoms with Crippen LogP contribution in [0.5, 0.6) is 0 Å². The Bertz CT molecular complexity index is 1010. The van der Waals surface area contributed by atoms with Crippen molar-refractivity contribution in [3.05, 3.63) is 53.4 Å². The van der Waals surface area contributed by atoms with Crippen LogP contribution in [-0.2, 0) is 11.3 Å². The highest BCUT2D eigenvalue weighted by Gasteiger charge is 2.33. The Morgan fingerprint density at radius 1 is 1.10 bits per heavy atom. The molecule has 3 aromatic rings. The SMILES string of the molecule is C[C@@H](Sc1nnc(-c2cccs2)n1C1CC1)C(=O)N1CCN(Cc2ccccc2)CC1. The molecule has 1 aliphatic carbocycles. The summed E-state index contributed by atoms with van der Waals surface area (Å²) in [4.78, 5) is 18.7. The number of carbonyl (C=O) groups excluding carboxylic acids is 1. The molecular formula is C23H27N5OS2. The zero-order valence-corrected chi connectivity index (χ0v) is 19.3. The van der Waals surface area contributed by atoms with Crippen molar-refractivity contribution in [1.29, 1.82) is 0 Å². The largest absolute Gasteiger partial charge is 0.339 e. The van der Waals surface area contributed by atoms with E-state index in [4.69, 9.17) is 0 Å². The first-order valence-corrected chi connectivity index (χ1v) is 12.7. The van der Waals surface area contributed by atoms with E-state index in [2.05, 4.69) is 55.4 Å². The number of rotatable bonds is 7. The van der Waals surface area contributed by atoms with Gasteiger partial charge < -0.3 is 4.90 Å². The van der Waals surface area contributed by atoms with Crippen molar-refractivity contribution in [3.8, 4) is 10.7 Å². The van der Waals surface area contributed by atoms with Gasteiger partial charge in [0.15, 0.2) is 11.0 Å². The molecule has 162 valence electrons. The molecule has 5 rings (SSSR count). The van der Waals surface area contributed by atoms with E-state index >= 15 is 0 Å². The maximum absolute atomic E-state index is 13.1. The van der Waals surface area contributed by atoms with E-state index in [1.165, 1.54) is 5.56 Å². The molecule has 0 N–H and O–H groups in total. The molecule has 0 spiro atoms. The van der Waals surface area contributed by atoms with Crippen LogP contribution >= 0.6 is 23.1 Å². The summed E-state index contributed by atoms with van der Waals surface area (Å²) in [5.74, 6) is 1.14. The van der Waals surface area contributed by atoms with Crippen molar-refractivity contribution in [3.63, 3.8) is 0 Å². The molecule has 8 heteroatoms.